The maximum absolute atomic E-state index is 12.9. The molecule has 0 aromatic heterocycles. The maximum Gasteiger partial charge on any atom is 0.303 e. The van der Waals surface area contributed by atoms with Gasteiger partial charge in [0.05, 0.1) is 5.41 Å². The molecule has 0 fully saturated rings. The summed E-state index contributed by atoms with van der Waals surface area (Å²) in [6.45, 7) is 1.73. The van der Waals surface area contributed by atoms with Crippen molar-refractivity contribution in [3.8, 4) is 0 Å². The first kappa shape index (κ1) is 22.9. The molecule has 0 aliphatic heterocycles. The van der Waals surface area contributed by atoms with Crippen LogP contribution in [0.5, 0.6) is 0 Å². The highest BCUT2D eigenvalue weighted by atomic mass is 16.4. The highest BCUT2D eigenvalue weighted by molar-refractivity contribution is 5.88. The van der Waals surface area contributed by atoms with Gasteiger partial charge in [-0.3, -0.25) is 9.59 Å². The van der Waals surface area contributed by atoms with Crippen molar-refractivity contribution in [2.45, 2.75) is 76.5 Å². The number of carbonyl (C=O) groups is 2. The summed E-state index contributed by atoms with van der Waals surface area (Å²) in [7, 11) is 0. The third-order valence-electron chi connectivity index (χ3n) is 5.91. The SMILES string of the molecule is CC(=O)C(CCCCCCC(=O)O)(CCCCc1ccccc1)c1ccccc1. The Morgan fingerprint density at radius 1 is 0.759 bits per heavy atom. The molecule has 1 N–H and O–H groups in total. The van der Waals surface area contributed by atoms with Gasteiger partial charge in [-0.25, -0.2) is 0 Å². The van der Waals surface area contributed by atoms with Crippen LogP contribution in [0.1, 0.15) is 75.8 Å². The number of Topliss-reactive ketones (excluding diaryl/α,β-unsaturated/α-hetero) is 1. The fourth-order valence-electron chi connectivity index (χ4n) is 4.18. The van der Waals surface area contributed by atoms with Crippen LogP contribution in [0, 0.1) is 0 Å². The Balaban J connectivity index is 1.97. The van der Waals surface area contributed by atoms with Gasteiger partial charge in [0.25, 0.3) is 0 Å². The van der Waals surface area contributed by atoms with Crippen LogP contribution in [-0.4, -0.2) is 16.9 Å². The Labute approximate surface area is 175 Å². The van der Waals surface area contributed by atoms with E-state index in [-0.39, 0.29) is 12.2 Å². The normalized spacial score (nSPS) is 13.0. The zero-order valence-corrected chi connectivity index (χ0v) is 17.6. The maximum atomic E-state index is 12.9. The highest BCUT2D eigenvalue weighted by Gasteiger charge is 2.35. The fourth-order valence-corrected chi connectivity index (χ4v) is 4.18. The summed E-state index contributed by atoms with van der Waals surface area (Å²) in [5.74, 6) is -0.486. The second kappa shape index (κ2) is 12.2. The van der Waals surface area contributed by atoms with Gasteiger partial charge < -0.3 is 5.11 Å². The molecule has 3 nitrogen and oxygen atoms in total. The van der Waals surface area contributed by atoms with Gasteiger partial charge in [0.2, 0.25) is 0 Å². The van der Waals surface area contributed by atoms with E-state index >= 15 is 0 Å². The molecule has 3 heteroatoms. The molecule has 2 aromatic rings. The Morgan fingerprint density at radius 3 is 1.90 bits per heavy atom. The van der Waals surface area contributed by atoms with Gasteiger partial charge in [-0.2, -0.15) is 0 Å². The molecule has 2 aromatic carbocycles. The van der Waals surface area contributed by atoms with Crippen molar-refractivity contribution in [3.05, 3.63) is 71.8 Å². The highest BCUT2D eigenvalue weighted by Crippen LogP contribution is 2.37. The number of carboxylic acids is 1. The molecule has 0 spiro atoms. The molecule has 29 heavy (non-hydrogen) atoms. The molecule has 0 amide bonds. The number of hydrogen-bond donors (Lipinski definition) is 1. The van der Waals surface area contributed by atoms with Gasteiger partial charge in [0, 0.05) is 6.42 Å². The van der Waals surface area contributed by atoms with Crippen LogP contribution in [0.15, 0.2) is 60.7 Å². The van der Waals surface area contributed by atoms with Crippen LogP contribution in [-0.2, 0) is 21.4 Å². The monoisotopic (exact) mass is 394 g/mol. The summed E-state index contributed by atoms with van der Waals surface area (Å²) in [5, 5.41) is 8.78. The third kappa shape index (κ3) is 7.49. The van der Waals surface area contributed by atoms with Gasteiger partial charge >= 0.3 is 5.97 Å². The van der Waals surface area contributed by atoms with Crippen molar-refractivity contribution >= 4 is 11.8 Å². The van der Waals surface area contributed by atoms with E-state index in [0.29, 0.717) is 6.42 Å². The summed E-state index contributed by atoms with van der Waals surface area (Å²) < 4.78 is 0. The zero-order valence-electron chi connectivity index (χ0n) is 17.6. The first-order chi connectivity index (χ1) is 14.0. The standard InChI is InChI=1S/C26H34O3/c1-22(27)26(24-17-8-5-9-18-24,20-12-3-2-10-19-25(28)29)21-13-11-16-23-14-6-4-7-15-23/h4-9,14-15,17-18H,2-3,10-13,16,19-21H2,1H3,(H,28,29). The predicted octanol–water partition coefficient (Wildman–Crippen LogP) is 6.35. The molecule has 0 aliphatic carbocycles. The lowest BCUT2D eigenvalue weighted by Crippen LogP contribution is -2.34. The number of rotatable bonds is 14. The smallest absolute Gasteiger partial charge is 0.303 e. The summed E-state index contributed by atoms with van der Waals surface area (Å²) in [6, 6.07) is 20.7. The average Bonchev–Trinajstić information content (AvgIpc) is 2.73. The van der Waals surface area contributed by atoms with Gasteiger partial charge in [0.15, 0.2) is 0 Å². The molecule has 0 bridgehead atoms. The quantitative estimate of drug-likeness (QED) is 0.380. The van der Waals surface area contributed by atoms with E-state index in [4.69, 9.17) is 5.11 Å². The van der Waals surface area contributed by atoms with Gasteiger partial charge in [-0.05, 0) is 50.2 Å². The van der Waals surface area contributed by atoms with E-state index in [9.17, 15) is 9.59 Å². The van der Waals surface area contributed by atoms with Crippen LogP contribution in [0.25, 0.3) is 0 Å². The van der Waals surface area contributed by atoms with Crippen molar-refractivity contribution < 1.29 is 14.7 Å². The molecule has 0 saturated carbocycles. The predicted molar refractivity (Wildman–Crippen MR) is 118 cm³/mol. The first-order valence-electron chi connectivity index (χ1n) is 10.9. The second-order valence-corrected chi connectivity index (χ2v) is 8.00. The van der Waals surface area contributed by atoms with Crippen molar-refractivity contribution in [1.29, 1.82) is 0 Å². The van der Waals surface area contributed by atoms with E-state index in [0.717, 1.165) is 56.9 Å². The van der Waals surface area contributed by atoms with Crippen LogP contribution in [0.4, 0.5) is 0 Å². The lowest BCUT2D eigenvalue weighted by molar-refractivity contribution is -0.137. The molecule has 2 rings (SSSR count). The van der Waals surface area contributed by atoms with E-state index in [1.165, 1.54) is 5.56 Å². The van der Waals surface area contributed by atoms with Crippen molar-refractivity contribution in [3.63, 3.8) is 0 Å². The molecule has 0 radical (unpaired) electrons. The zero-order chi connectivity index (χ0) is 21.0. The summed E-state index contributed by atoms with van der Waals surface area (Å²) >= 11 is 0. The topological polar surface area (TPSA) is 54.4 Å². The number of unbranched alkanes of at least 4 members (excludes halogenated alkanes) is 4. The van der Waals surface area contributed by atoms with E-state index in [2.05, 4.69) is 36.4 Å². The lowest BCUT2D eigenvalue weighted by atomic mass is 9.70. The Bertz CT molecular complexity index is 739. The summed E-state index contributed by atoms with van der Waals surface area (Å²) in [5.41, 5.74) is 2.04. The first-order valence-corrected chi connectivity index (χ1v) is 10.9. The van der Waals surface area contributed by atoms with Crippen LogP contribution < -0.4 is 0 Å². The van der Waals surface area contributed by atoms with Gasteiger partial charge in [-0.1, -0.05) is 86.3 Å². The molecule has 0 aliphatic rings. The van der Waals surface area contributed by atoms with Gasteiger partial charge in [-0.15, -0.1) is 0 Å². The second-order valence-electron chi connectivity index (χ2n) is 8.00. The third-order valence-corrected chi connectivity index (χ3v) is 5.91. The number of carboxylic acid groups (broad SMARTS) is 1. The van der Waals surface area contributed by atoms with E-state index in [1.54, 1.807) is 6.92 Å². The van der Waals surface area contributed by atoms with Crippen LogP contribution in [0.2, 0.25) is 0 Å². The van der Waals surface area contributed by atoms with Crippen molar-refractivity contribution in [2.24, 2.45) is 0 Å². The van der Waals surface area contributed by atoms with E-state index < -0.39 is 11.4 Å². The number of hydrogen-bond acceptors (Lipinski definition) is 2. The molecule has 1 atom stereocenters. The summed E-state index contributed by atoms with van der Waals surface area (Å²) in [4.78, 5) is 23.5. The minimum atomic E-state index is -0.731. The Morgan fingerprint density at radius 2 is 1.31 bits per heavy atom. The molecule has 0 heterocycles. The van der Waals surface area contributed by atoms with Crippen LogP contribution in [0.3, 0.4) is 0 Å². The largest absolute Gasteiger partial charge is 0.481 e. The Kier molecular flexibility index (Phi) is 9.63. The van der Waals surface area contributed by atoms with Gasteiger partial charge in [0.1, 0.15) is 5.78 Å². The minimum Gasteiger partial charge on any atom is -0.481 e. The minimum absolute atomic E-state index is 0.232. The molecule has 1 unspecified atom stereocenters. The van der Waals surface area contributed by atoms with E-state index in [1.807, 2.05) is 24.3 Å². The van der Waals surface area contributed by atoms with Crippen molar-refractivity contribution in [2.75, 3.05) is 0 Å². The average molecular weight is 395 g/mol. The number of benzene rings is 2. The molecule has 156 valence electrons. The number of aliphatic carboxylic acids is 1. The number of ketones is 1. The lowest BCUT2D eigenvalue weighted by Gasteiger charge is -2.32. The van der Waals surface area contributed by atoms with Crippen LogP contribution >= 0.6 is 0 Å². The fraction of sp³-hybridized carbons (Fsp3) is 0.462. The summed E-state index contributed by atoms with van der Waals surface area (Å²) in [6.07, 6.45) is 8.61. The molecular weight excluding hydrogens is 360 g/mol. The molecular formula is C26H34O3. The molecule has 0 saturated heterocycles. The Hall–Kier alpha value is -2.42. The van der Waals surface area contributed by atoms with Crippen molar-refractivity contribution in [1.82, 2.24) is 0 Å². The number of aryl methyl sites for hydroxylation is 1. The number of carbonyl (C=O) groups excluding carboxylic acids is 1.